The fraction of sp³-hybridized carbons (Fsp3) is 0.250. The van der Waals surface area contributed by atoms with Crippen LogP contribution in [-0.4, -0.2) is 27.7 Å². The first-order chi connectivity index (χ1) is 10.6. The van der Waals surface area contributed by atoms with E-state index in [1.54, 1.807) is 24.6 Å². The topological polar surface area (TPSA) is 58.0 Å². The number of anilines is 1. The molecule has 1 atom stereocenters. The van der Waals surface area contributed by atoms with Gasteiger partial charge in [0, 0.05) is 22.0 Å². The van der Waals surface area contributed by atoms with Gasteiger partial charge in [0.1, 0.15) is 17.0 Å². The van der Waals surface area contributed by atoms with Crippen molar-refractivity contribution in [3.63, 3.8) is 0 Å². The first-order valence-corrected chi connectivity index (χ1v) is 8.17. The van der Waals surface area contributed by atoms with E-state index in [2.05, 4.69) is 22.2 Å². The molecule has 0 aliphatic carbocycles. The van der Waals surface area contributed by atoms with E-state index in [1.165, 1.54) is 4.88 Å². The van der Waals surface area contributed by atoms with Crippen molar-refractivity contribution in [3.8, 4) is 11.1 Å². The molecule has 0 radical (unpaired) electrons. The number of halogens is 1. The summed E-state index contributed by atoms with van der Waals surface area (Å²) in [6.07, 6.45) is 1.11. The van der Waals surface area contributed by atoms with E-state index in [9.17, 15) is 5.11 Å². The van der Waals surface area contributed by atoms with Crippen LogP contribution in [-0.2, 0) is 0 Å². The molecule has 1 aromatic carbocycles. The molecule has 0 spiro atoms. The second-order valence-electron chi connectivity index (χ2n) is 5.17. The van der Waals surface area contributed by atoms with E-state index < -0.39 is 6.10 Å². The molecular weight excluding hydrogens is 318 g/mol. The third kappa shape index (κ3) is 2.92. The number of hydrogen-bond donors (Lipinski definition) is 2. The molecule has 0 saturated heterocycles. The number of nitrogens with zero attached hydrogens (tertiary/aromatic N) is 2. The normalized spacial score (nSPS) is 12.5. The van der Waals surface area contributed by atoms with Crippen molar-refractivity contribution < 1.29 is 5.11 Å². The highest BCUT2D eigenvalue weighted by Crippen LogP contribution is 2.40. The van der Waals surface area contributed by atoms with Gasteiger partial charge >= 0.3 is 0 Å². The van der Waals surface area contributed by atoms with Crippen molar-refractivity contribution in [1.82, 2.24) is 9.97 Å². The highest BCUT2D eigenvalue weighted by molar-refractivity contribution is 7.19. The Balaban J connectivity index is 2.16. The first kappa shape index (κ1) is 15.2. The minimum absolute atomic E-state index is 0.441. The number of rotatable bonds is 4. The maximum absolute atomic E-state index is 9.49. The largest absolute Gasteiger partial charge is 0.392 e. The number of fused-ring (bicyclic) bond motifs is 1. The third-order valence-electron chi connectivity index (χ3n) is 3.36. The molecule has 4 nitrogen and oxygen atoms in total. The Morgan fingerprint density at radius 3 is 2.68 bits per heavy atom. The van der Waals surface area contributed by atoms with Gasteiger partial charge in [-0.1, -0.05) is 23.7 Å². The Bertz CT molecular complexity index is 799. The second kappa shape index (κ2) is 6.20. The number of nitrogens with one attached hydrogen (secondary N) is 1. The number of hydrogen-bond acceptors (Lipinski definition) is 5. The van der Waals surface area contributed by atoms with Crippen molar-refractivity contribution in [2.24, 2.45) is 0 Å². The molecule has 0 amide bonds. The average Bonchev–Trinajstić information content (AvgIpc) is 2.82. The smallest absolute Gasteiger partial charge is 0.138 e. The lowest BCUT2D eigenvalue weighted by Gasteiger charge is -2.10. The molecule has 22 heavy (non-hydrogen) atoms. The van der Waals surface area contributed by atoms with Crippen LogP contribution in [0.15, 0.2) is 30.6 Å². The summed E-state index contributed by atoms with van der Waals surface area (Å²) < 4.78 is 0. The molecule has 3 aromatic rings. The average molecular weight is 334 g/mol. The Morgan fingerprint density at radius 1 is 1.27 bits per heavy atom. The van der Waals surface area contributed by atoms with Crippen LogP contribution in [0.1, 0.15) is 11.8 Å². The van der Waals surface area contributed by atoms with Crippen LogP contribution in [0, 0.1) is 6.92 Å². The molecule has 2 aromatic heterocycles. The van der Waals surface area contributed by atoms with E-state index in [-0.39, 0.29) is 0 Å². The fourth-order valence-electron chi connectivity index (χ4n) is 2.39. The number of aliphatic hydroxyl groups excluding tert-OH is 1. The Labute approximate surface area is 137 Å². The Kier molecular flexibility index (Phi) is 4.29. The van der Waals surface area contributed by atoms with E-state index in [4.69, 9.17) is 11.6 Å². The van der Waals surface area contributed by atoms with Gasteiger partial charge in [-0.2, -0.15) is 0 Å². The lowest BCUT2D eigenvalue weighted by Crippen LogP contribution is -2.16. The van der Waals surface area contributed by atoms with Crippen LogP contribution >= 0.6 is 22.9 Å². The van der Waals surface area contributed by atoms with Gasteiger partial charge in [-0.05, 0) is 31.5 Å². The number of aliphatic hydroxyl groups is 1. The molecular formula is C16H16ClN3OS. The SMILES string of the molecule is Cc1sc2ncnc(NCC(C)O)c2c1-c1ccc(Cl)cc1. The summed E-state index contributed by atoms with van der Waals surface area (Å²) in [5.41, 5.74) is 2.20. The van der Waals surface area contributed by atoms with E-state index in [1.807, 2.05) is 24.3 Å². The molecule has 0 aliphatic heterocycles. The molecule has 0 bridgehead atoms. The van der Waals surface area contributed by atoms with E-state index in [0.717, 1.165) is 27.2 Å². The summed E-state index contributed by atoms with van der Waals surface area (Å²) in [6.45, 7) is 4.26. The lowest BCUT2D eigenvalue weighted by molar-refractivity contribution is 0.208. The van der Waals surface area contributed by atoms with Crippen LogP contribution in [0.3, 0.4) is 0 Å². The highest BCUT2D eigenvalue weighted by Gasteiger charge is 2.16. The molecule has 0 fully saturated rings. The lowest BCUT2D eigenvalue weighted by atomic mass is 10.0. The summed E-state index contributed by atoms with van der Waals surface area (Å²) in [7, 11) is 0. The summed E-state index contributed by atoms with van der Waals surface area (Å²) in [5, 5.41) is 14.4. The van der Waals surface area contributed by atoms with Gasteiger partial charge in [0.25, 0.3) is 0 Å². The van der Waals surface area contributed by atoms with Gasteiger partial charge in [0.2, 0.25) is 0 Å². The zero-order valence-corrected chi connectivity index (χ0v) is 13.9. The van der Waals surface area contributed by atoms with E-state index in [0.29, 0.717) is 11.6 Å². The Hall–Kier alpha value is -1.69. The number of aromatic nitrogens is 2. The molecule has 114 valence electrons. The molecule has 3 rings (SSSR count). The van der Waals surface area contributed by atoms with Crippen LogP contribution in [0.25, 0.3) is 21.3 Å². The molecule has 6 heteroatoms. The first-order valence-electron chi connectivity index (χ1n) is 6.98. The predicted molar refractivity (Wildman–Crippen MR) is 92.8 cm³/mol. The van der Waals surface area contributed by atoms with Crippen molar-refractivity contribution in [2.45, 2.75) is 20.0 Å². The van der Waals surface area contributed by atoms with Gasteiger partial charge in [-0.3, -0.25) is 0 Å². The third-order valence-corrected chi connectivity index (χ3v) is 4.63. The van der Waals surface area contributed by atoms with Gasteiger partial charge in [-0.15, -0.1) is 11.3 Å². The minimum Gasteiger partial charge on any atom is -0.392 e. The van der Waals surface area contributed by atoms with Crippen molar-refractivity contribution >= 4 is 39.0 Å². The van der Waals surface area contributed by atoms with Crippen molar-refractivity contribution in [2.75, 3.05) is 11.9 Å². The quantitative estimate of drug-likeness (QED) is 0.754. The van der Waals surface area contributed by atoms with E-state index >= 15 is 0 Å². The van der Waals surface area contributed by atoms with Gasteiger partial charge in [0.15, 0.2) is 0 Å². The summed E-state index contributed by atoms with van der Waals surface area (Å²) in [6, 6.07) is 7.77. The molecule has 0 saturated carbocycles. The molecule has 2 heterocycles. The predicted octanol–water partition coefficient (Wildman–Crippen LogP) is 4.11. The van der Waals surface area contributed by atoms with Crippen LogP contribution in [0.5, 0.6) is 0 Å². The molecule has 2 N–H and O–H groups in total. The minimum atomic E-state index is -0.441. The summed E-state index contributed by atoms with van der Waals surface area (Å²) in [5.74, 6) is 0.750. The highest BCUT2D eigenvalue weighted by atomic mass is 35.5. The van der Waals surface area contributed by atoms with Crippen molar-refractivity contribution in [1.29, 1.82) is 0 Å². The zero-order chi connectivity index (χ0) is 15.7. The van der Waals surface area contributed by atoms with Gasteiger partial charge < -0.3 is 10.4 Å². The number of aryl methyl sites for hydroxylation is 1. The fourth-order valence-corrected chi connectivity index (χ4v) is 3.53. The van der Waals surface area contributed by atoms with Crippen LogP contribution in [0.4, 0.5) is 5.82 Å². The zero-order valence-electron chi connectivity index (χ0n) is 12.3. The van der Waals surface area contributed by atoms with Crippen LogP contribution in [0.2, 0.25) is 5.02 Å². The number of benzene rings is 1. The maximum atomic E-state index is 9.49. The van der Waals surface area contributed by atoms with Gasteiger partial charge in [0.05, 0.1) is 11.5 Å². The second-order valence-corrected chi connectivity index (χ2v) is 6.81. The molecule has 1 unspecified atom stereocenters. The summed E-state index contributed by atoms with van der Waals surface area (Å²) in [4.78, 5) is 10.8. The van der Waals surface area contributed by atoms with Gasteiger partial charge in [-0.25, -0.2) is 9.97 Å². The molecule has 0 aliphatic rings. The number of thiophene rings is 1. The standard InChI is InChI=1S/C16H16ClN3OS/c1-9(21)7-18-15-14-13(11-3-5-12(17)6-4-11)10(2)22-16(14)20-8-19-15/h3-6,8-9,21H,7H2,1-2H3,(H,18,19,20). The monoisotopic (exact) mass is 333 g/mol. The summed E-state index contributed by atoms with van der Waals surface area (Å²) >= 11 is 7.62. The van der Waals surface area contributed by atoms with Crippen molar-refractivity contribution in [3.05, 3.63) is 40.5 Å². The van der Waals surface area contributed by atoms with Crippen LogP contribution < -0.4 is 5.32 Å². The Morgan fingerprint density at radius 2 is 2.00 bits per heavy atom. The maximum Gasteiger partial charge on any atom is 0.138 e.